The summed E-state index contributed by atoms with van der Waals surface area (Å²) >= 11 is 0.750. The highest BCUT2D eigenvalue weighted by atomic mass is 32.2. The number of aliphatic carboxylic acids is 2. The number of methoxy groups -OCH3 is 1. The third-order valence-electron chi connectivity index (χ3n) is 3.48. The molecule has 28 heavy (non-hydrogen) atoms. The molecule has 0 aliphatic carbocycles. The predicted molar refractivity (Wildman–Crippen MR) is 96.5 cm³/mol. The van der Waals surface area contributed by atoms with E-state index in [9.17, 15) is 33.0 Å². The number of carboxylic acids is 2. The zero-order valence-corrected chi connectivity index (χ0v) is 15.1. The van der Waals surface area contributed by atoms with E-state index < -0.39 is 45.7 Å². The Hall–Kier alpha value is -3.14. The number of carbonyl (C=O) groups is 2. The topological polar surface area (TPSA) is 95.9 Å². The maximum Gasteiger partial charge on any atom is 0.345 e. The van der Waals surface area contributed by atoms with Crippen molar-refractivity contribution in [1.82, 2.24) is 0 Å². The minimum absolute atomic E-state index is 0.113. The molecule has 0 fully saturated rings. The number of hydrogen-bond donors (Lipinski definition) is 3. The van der Waals surface area contributed by atoms with Crippen molar-refractivity contribution in [3.8, 4) is 5.75 Å². The van der Waals surface area contributed by atoms with Crippen LogP contribution in [-0.4, -0.2) is 29.3 Å². The average Bonchev–Trinajstić information content (AvgIpc) is 2.66. The SMILES string of the molecule is COc1ccc(CSC(Nc2ccc(F)c(F)c2F)=C(C(=O)O)C(=O)O)cc1. The second-order valence-corrected chi connectivity index (χ2v) is 6.28. The highest BCUT2D eigenvalue weighted by Gasteiger charge is 2.24. The molecule has 6 nitrogen and oxygen atoms in total. The van der Waals surface area contributed by atoms with Crippen LogP contribution in [0.15, 0.2) is 47.0 Å². The molecule has 10 heteroatoms. The van der Waals surface area contributed by atoms with E-state index in [1.165, 1.54) is 7.11 Å². The van der Waals surface area contributed by atoms with Gasteiger partial charge in [-0.05, 0) is 29.8 Å². The van der Waals surface area contributed by atoms with Gasteiger partial charge >= 0.3 is 11.9 Å². The number of halogens is 3. The molecule has 0 saturated carbocycles. The largest absolute Gasteiger partial charge is 0.497 e. The van der Waals surface area contributed by atoms with Crippen molar-refractivity contribution in [3.63, 3.8) is 0 Å². The van der Waals surface area contributed by atoms with Crippen LogP contribution in [0.3, 0.4) is 0 Å². The Morgan fingerprint density at radius 3 is 2.14 bits per heavy atom. The van der Waals surface area contributed by atoms with Crippen LogP contribution in [0.4, 0.5) is 18.9 Å². The lowest BCUT2D eigenvalue weighted by Crippen LogP contribution is -2.17. The molecule has 0 radical (unpaired) electrons. The summed E-state index contributed by atoms with van der Waals surface area (Å²) in [7, 11) is 1.48. The summed E-state index contributed by atoms with van der Waals surface area (Å²) in [6, 6.07) is 8.11. The zero-order valence-electron chi connectivity index (χ0n) is 14.3. The predicted octanol–water partition coefficient (Wildman–Crippen LogP) is 3.84. The van der Waals surface area contributed by atoms with Crippen LogP contribution >= 0.6 is 11.8 Å². The smallest absolute Gasteiger partial charge is 0.345 e. The monoisotopic (exact) mass is 413 g/mol. The van der Waals surface area contributed by atoms with Crippen LogP contribution in [-0.2, 0) is 15.3 Å². The third-order valence-corrected chi connectivity index (χ3v) is 4.55. The summed E-state index contributed by atoms with van der Waals surface area (Å²) < 4.78 is 45.4. The molecule has 0 heterocycles. The molecule has 0 spiro atoms. The minimum atomic E-state index is -1.78. The Balaban J connectivity index is 2.37. The zero-order chi connectivity index (χ0) is 20.8. The molecule has 2 rings (SSSR count). The summed E-state index contributed by atoms with van der Waals surface area (Å²) in [6.45, 7) is 0. The third kappa shape index (κ3) is 4.97. The Labute approximate surface area is 161 Å². The van der Waals surface area contributed by atoms with Crippen LogP contribution in [0.5, 0.6) is 5.75 Å². The van der Waals surface area contributed by atoms with Gasteiger partial charge in [0.15, 0.2) is 23.0 Å². The maximum absolute atomic E-state index is 13.9. The Morgan fingerprint density at radius 2 is 1.61 bits per heavy atom. The standard InChI is InChI=1S/C18H14F3NO5S/c1-27-10-4-2-9(3-5-10)8-28-16(13(17(23)24)18(25)26)22-12-7-6-11(19)14(20)15(12)21/h2-7,22H,8H2,1H3,(H,23,24)(H,25,26). The molecular weight excluding hydrogens is 399 g/mol. The lowest BCUT2D eigenvalue weighted by molar-refractivity contribution is -0.140. The van der Waals surface area contributed by atoms with Gasteiger partial charge in [-0.3, -0.25) is 0 Å². The first-order valence-electron chi connectivity index (χ1n) is 7.61. The van der Waals surface area contributed by atoms with Crippen LogP contribution in [0.2, 0.25) is 0 Å². The first-order chi connectivity index (χ1) is 13.2. The van der Waals surface area contributed by atoms with Crippen molar-refractivity contribution in [2.75, 3.05) is 12.4 Å². The van der Waals surface area contributed by atoms with Crippen molar-refractivity contribution >= 4 is 29.4 Å². The molecule has 0 saturated heterocycles. The fourth-order valence-corrected chi connectivity index (χ4v) is 3.08. The number of nitrogens with one attached hydrogen (secondary N) is 1. The summed E-state index contributed by atoms with van der Waals surface area (Å²) in [5, 5.41) is 20.2. The lowest BCUT2D eigenvalue weighted by atomic mass is 10.2. The number of carboxylic acid groups (broad SMARTS) is 2. The first-order valence-corrected chi connectivity index (χ1v) is 8.60. The Morgan fingerprint density at radius 1 is 1.00 bits per heavy atom. The molecule has 3 N–H and O–H groups in total. The van der Waals surface area contributed by atoms with E-state index >= 15 is 0 Å². The highest BCUT2D eigenvalue weighted by molar-refractivity contribution is 8.02. The summed E-state index contributed by atoms with van der Waals surface area (Å²) in [4.78, 5) is 22.7. The lowest BCUT2D eigenvalue weighted by Gasteiger charge is -2.14. The molecule has 0 aliphatic rings. The summed E-state index contributed by atoms with van der Waals surface area (Å²) in [5.74, 6) is -7.66. The van der Waals surface area contributed by atoms with E-state index in [4.69, 9.17) is 4.74 Å². The summed E-state index contributed by atoms with van der Waals surface area (Å²) in [5.41, 5.74) is -0.982. The van der Waals surface area contributed by atoms with E-state index in [0.29, 0.717) is 17.4 Å². The number of rotatable bonds is 8. The number of anilines is 1. The van der Waals surface area contributed by atoms with Gasteiger partial charge in [-0.15, -0.1) is 11.8 Å². The Bertz CT molecular complexity index is 916. The maximum atomic E-state index is 13.9. The van der Waals surface area contributed by atoms with Gasteiger partial charge in [-0.1, -0.05) is 12.1 Å². The van der Waals surface area contributed by atoms with E-state index in [2.05, 4.69) is 5.32 Å². The van der Waals surface area contributed by atoms with Crippen LogP contribution in [0.25, 0.3) is 0 Å². The van der Waals surface area contributed by atoms with Crippen molar-refractivity contribution in [1.29, 1.82) is 0 Å². The molecule has 0 aromatic heterocycles. The van der Waals surface area contributed by atoms with E-state index in [1.54, 1.807) is 24.3 Å². The van der Waals surface area contributed by atoms with Crippen LogP contribution in [0, 0.1) is 17.5 Å². The fourth-order valence-electron chi connectivity index (χ4n) is 2.08. The van der Waals surface area contributed by atoms with E-state index in [-0.39, 0.29) is 5.75 Å². The van der Waals surface area contributed by atoms with Crippen molar-refractivity contribution < 1.29 is 37.7 Å². The molecule has 148 valence electrons. The molecule has 0 aliphatic heterocycles. The molecule has 0 amide bonds. The van der Waals surface area contributed by atoms with Gasteiger partial charge < -0.3 is 20.3 Å². The quantitative estimate of drug-likeness (QED) is 0.262. The van der Waals surface area contributed by atoms with Gasteiger partial charge in [0, 0.05) is 5.75 Å². The number of thioether (sulfide) groups is 1. The molecule has 0 unspecified atom stereocenters. The van der Waals surface area contributed by atoms with Gasteiger partial charge in [0.05, 0.1) is 17.8 Å². The van der Waals surface area contributed by atoms with Crippen LogP contribution < -0.4 is 10.1 Å². The first kappa shape index (κ1) is 21.2. The minimum Gasteiger partial charge on any atom is -0.497 e. The molecule has 0 bridgehead atoms. The van der Waals surface area contributed by atoms with Gasteiger partial charge in [0.1, 0.15) is 5.75 Å². The number of hydrogen-bond acceptors (Lipinski definition) is 5. The average molecular weight is 413 g/mol. The van der Waals surface area contributed by atoms with Gasteiger partial charge in [0.25, 0.3) is 0 Å². The normalized spacial score (nSPS) is 10.3. The molecule has 2 aromatic carbocycles. The Kier molecular flexibility index (Phi) is 6.94. The van der Waals surface area contributed by atoms with Crippen LogP contribution in [0.1, 0.15) is 5.56 Å². The van der Waals surface area contributed by atoms with E-state index in [1.807, 2.05) is 0 Å². The number of benzene rings is 2. The van der Waals surface area contributed by atoms with Gasteiger partial charge in [-0.25, -0.2) is 22.8 Å². The molecular formula is C18H14F3NO5S. The number of ether oxygens (including phenoxy) is 1. The van der Waals surface area contributed by atoms with Gasteiger partial charge in [0.2, 0.25) is 0 Å². The van der Waals surface area contributed by atoms with Crippen molar-refractivity contribution in [2.24, 2.45) is 0 Å². The van der Waals surface area contributed by atoms with Gasteiger partial charge in [-0.2, -0.15) is 0 Å². The summed E-state index contributed by atoms with van der Waals surface area (Å²) in [6.07, 6.45) is 0. The highest BCUT2D eigenvalue weighted by Crippen LogP contribution is 2.29. The second-order valence-electron chi connectivity index (χ2n) is 5.30. The second kappa shape index (κ2) is 9.18. The fraction of sp³-hybridized carbons (Fsp3) is 0.111. The molecule has 2 aromatic rings. The molecule has 0 atom stereocenters. The van der Waals surface area contributed by atoms with E-state index in [0.717, 1.165) is 17.8 Å². The van der Waals surface area contributed by atoms with Crippen molar-refractivity contribution in [3.05, 3.63) is 70.0 Å². The van der Waals surface area contributed by atoms with Crippen molar-refractivity contribution in [2.45, 2.75) is 5.75 Å².